The Bertz CT molecular complexity index is 1080. The molecule has 0 atom stereocenters. The molecule has 1 saturated heterocycles. The SMILES string of the molecule is O=C1c2ccccc2OCCN(C(=O)C2CCCCCC2)CCCCC2(COc3cccnc3)CCN1CC2. The first-order valence-electron chi connectivity index (χ1n) is 15.0. The second-order valence-corrected chi connectivity index (χ2v) is 11.6. The minimum atomic E-state index is -0.00105. The third-order valence-corrected chi connectivity index (χ3v) is 8.93. The first-order chi connectivity index (χ1) is 19.1. The molecule has 4 heterocycles. The van der Waals surface area contributed by atoms with Gasteiger partial charge in [-0.25, -0.2) is 0 Å². The summed E-state index contributed by atoms with van der Waals surface area (Å²) in [6, 6.07) is 11.4. The number of rotatable bonds is 4. The van der Waals surface area contributed by atoms with Crippen molar-refractivity contribution in [1.29, 1.82) is 0 Å². The van der Waals surface area contributed by atoms with Crippen LogP contribution >= 0.6 is 0 Å². The fraction of sp³-hybridized carbons (Fsp3) is 0.594. The molecule has 2 amide bonds. The van der Waals surface area contributed by atoms with Crippen LogP contribution in [0.15, 0.2) is 48.8 Å². The molecule has 1 aromatic carbocycles. The van der Waals surface area contributed by atoms with Crippen LogP contribution in [0.2, 0.25) is 0 Å². The van der Waals surface area contributed by atoms with E-state index in [1.54, 1.807) is 12.4 Å². The Morgan fingerprint density at radius 2 is 1.72 bits per heavy atom. The van der Waals surface area contributed by atoms with E-state index in [4.69, 9.17) is 9.47 Å². The number of fused-ring (bicyclic) bond motifs is 9. The second kappa shape index (κ2) is 13.3. The number of amides is 2. The number of carbonyl (C=O) groups excluding carboxylic acids is 2. The van der Waals surface area contributed by atoms with Gasteiger partial charge >= 0.3 is 0 Å². The van der Waals surface area contributed by atoms with Crippen LogP contribution in [0.1, 0.15) is 81.0 Å². The number of piperidine rings is 1. The van der Waals surface area contributed by atoms with Gasteiger partial charge in [-0.05, 0) is 62.8 Å². The van der Waals surface area contributed by atoms with Crippen LogP contribution < -0.4 is 9.47 Å². The lowest BCUT2D eigenvalue weighted by atomic mass is 9.75. The fourth-order valence-electron chi connectivity index (χ4n) is 6.44. The van der Waals surface area contributed by atoms with Gasteiger partial charge in [-0.1, -0.05) is 44.2 Å². The molecule has 4 aliphatic rings. The Morgan fingerprint density at radius 1 is 0.923 bits per heavy atom. The van der Waals surface area contributed by atoms with Crippen LogP contribution in [-0.4, -0.2) is 66.0 Å². The van der Waals surface area contributed by atoms with E-state index in [2.05, 4.69) is 4.98 Å². The molecule has 1 aliphatic carbocycles. The van der Waals surface area contributed by atoms with Crippen molar-refractivity contribution in [2.45, 2.75) is 70.6 Å². The molecule has 0 N–H and O–H groups in total. The van der Waals surface area contributed by atoms with Gasteiger partial charge in [-0.2, -0.15) is 0 Å². The zero-order valence-corrected chi connectivity index (χ0v) is 23.2. The molecule has 0 spiro atoms. The first kappa shape index (κ1) is 27.5. The van der Waals surface area contributed by atoms with Gasteiger partial charge in [0.15, 0.2) is 0 Å². The highest BCUT2D eigenvalue weighted by Crippen LogP contribution is 2.38. The normalized spacial score (nSPS) is 21.2. The number of ether oxygens (including phenoxy) is 2. The quantitative estimate of drug-likeness (QED) is 0.469. The summed E-state index contributed by atoms with van der Waals surface area (Å²) in [7, 11) is 0. The van der Waals surface area contributed by atoms with Crippen molar-refractivity contribution in [2.24, 2.45) is 11.3 Å². The lowest BCUT2D eigenvalue weighted by Crippen LogP contribution is -2.45. The highest BCUT2D eigenvalue weighted by Gasteiger charge is 2.37. The second-order valence-electron chi connectivity index (χ2n) is 11.6. The van der Waals surface area contributed by atoms with Gasteiger partial charge in [0.2, 0.25) is 5.91 Å². The average Bonchev–Trinajstić information content (AvgIpc) is 3.27. The Kier molecular flexibility index (Phi) is 9.38. The maximum atomic E-state index is 13.6. The molecule has 7 nitrogen and oxygen atoms in total. The van der Waals surface area contributed by atoms with Crippen molar-refractivity contribution < 1.29 is 19.1 Å². The van der Waals surface area contributed by atoms with E-state index in [1.165, 1.54) is 12.8 Å². The summed E-state index contributed by atoms with van der Waals surface area (Å²) in [5.41, 5.74) is 0.604. The molecule has 3 aliphatic heterocycles. The first-order valence-corrected chi connectivity index (χ1v) is 15.0. The van der Waals surface area contributed by atoms with Crippen LogP contribution in [-0.2, 0) is 4.79 Å². The van der Waals surface area contributed by atoms with E-state index < -0.39 is 0 Å². The summed E-state index contributed by atoms with van der Waals surface area (Å²) in [6.07, 6.45) is 15.1. The zero-order chi connectivity index (χ0) is 26.9. The van der Waals surface area contributed by atoms with Gasteiger partial charge < -0.3 is 19.3 Å². The van der Waals surface area contributed by atoms with E-state index in [9.17, 15) is 9.59 Å². The van der Waals surface area contributed by atoms with Crippen LogP contribution in [0.25, 0.3) is 0 Å². The lowest BCUT2D eigenvalue weighted by molar-refractivity contribution is -0.136. The number of pyridine rings is 1. The molecule has 0 unspecified atom stereocenters. The molecule has 39 heavy (non-hydrogen) atoms. The third kappa shape index (κ3) is 7.11. The van der Waals surface area contributed by atoms with E-state index in [-0.39, 0.29) is 23.1 Å². The summed E-state index contributed by atoms with van der Waals surface area (Å²) in [6.45, 7) is 3.73. The Labute approximate surface area is 232 Å². The number of hydrogen-bond acceptors (Lipinski definition) is 5. The van der Waals surface area contributed by atoms with Crippen molar-refractivity contribution in [3.05, 3.63) is 54.4 Å². The standard InChI is InChI=1S/C32H43N3O4/c36-30(26-10-3-1-2-4-11-26)34-19-8-7-15-32(25-39-27-12-9-18-33-24-27)16-20-35(21-17-32)31(37)28-13-5-6-14-29(28)38-23-22-34/h5-6,9,12-14,18,24,26H,1-4,7-8,10-11,15-17,19-23,25H2. The van der Waals surface area contributed by atoms with E-state index in [0.717, 1.165) is 70.1 Å². The number of carbonyl (C=O) groups is 2. The number of aromatic nitrogens is 1. The minimum absolute atomic E-state index is 0.00105. The molecule has 6 rings (SSSR count). The molecule has 2 bridgehead atoms. The van der Waals surface area contributed by atoms with Crippen molar-refractivity contribution in [2.75, 3.05) is 39.4 Å². The van der Waals surface area contributed by atoms with E-state index in [1.807, 2.05) is 46.2 Å². The van der Waals surface area contributed by atoms with Crippen molar-refractivity contribution in [1.82, 2.24) is 14.8 Å². The smallest absolute Gasteiger partial charge is 0.257 e. The molecule has 2 aromatic rings. The minimum Gasteiger partial charge on any atom is -0.491 e. The summed E-state index contributed by atoms with van der Waals surface area (Å²) < 4.78 is 12.4. The van der Waals surface area contributed by atoms with Crippen LogP contribution in [0.5, 0.6) is 11.5 Å². The molecule has 2 fully saturated rings. The van der Waals surface area contributed by atoms with Gasteiger partial charge in [0.1, 0.15) is 18.1 Å². The predicted octanol–water partition coefficient (Wildman–Crippen LogP) is 5.74. The van der Waals surface area contributed by atoms with Gasteiger partial charge in [-0.15, -0.1) is 0 Å². The molecular formula is C32H43N3O4. The number of hydrogen-bond donors (Lipinski definition) is 0. The average molecular weight is 534 g/mol. The van der Waals surface area contributed by atoms with Gasteiger partial charge in [-0.3, -0.25) is 14.6 Å². The maximum Gasteiger partial charge on any atom is 0.257 e. The number of benzene rings is 1. The highest BCUT2D eigenvalue weighted by atomic mass is 16.5. The van der Waals surface area contributed by atoms with E-state index >= 15 is 0 Å². The fourth-order valence-corrected chi connectivity index (χ4v) is 6.44. The van der Waals surface area contributed by atoms with Crippen molar-refractivity contribution in [3.8, 4) is 11.5 Å². The predicted molar refractivity (Wildman–Crippen MR) is 151 cm³/mol. The zero-order valence-electron chi connectivity index (χ0n) is 23.2. The largest absolute Gasteiger partial charge is 0.491 e. The third-order valence-electron chi connectivity index (χ3n) is 8.93. The van der Waals surface area contributed by atoms with Crippen LogP contribution in [0.3, 0.4) is 0 Å². The maximum absolute atomic E-state index is 13.6. The topological polar surface area (TPSA) is 72.0 Å². The molecular weight excluding hydrogens is 490 g/mol. The van der Waals surface area contributed by atoms with Gasteiger partial charge in [0.25, 0.3) is 5.91 Å². The Hall–Kier alpha value is -3.09. The van der Waals surface area contributed by atoms with Crippen molar-refractivity contribution in [3.63, 3.8) is 0 Å². The summed E-state index contributed by atoms with van der Waals surface area (Å²) in [5.74, 6) is 1.83. The van der Waals surface area contributed by atoms with Gasteiger partial charge in [0, 0.05) is 37.2 Å². The Balaban J connectivity index is 1.34. The van der Waals surface area contributed by atoms with Crippen LogP contribution in [0, 0.1) is 11.3 Å². The summed E-state index contributed by atoms with van der Waals surface area (Å²) in [4.78, 5) is 35.4. The summed E-state index contributed by atoms with van der Waals surface area (Å²) in [5, 5.41) is 0. The number of nitrogens with zero attached hydrogens (tertiary/aromatic N) is 3. The molecule has 7 heteroatoms. The molecule has 1 saturated carbocycles. The lowest BCUT2D eigenvalue weighted by Gasteiger charge is -2.42. The monoisotopic (exact) mass is 533 g/mol. The van der Waals surface area contributed by atoms with E-state index in [0.29, 0.717) is 44.2 Å². The molecule has 210 valence electrons. The van der Waals surface area contributed by atoms with Crippen LogP contribution in [0.4, 0.5) is 0 Å². The number of para-hydroxylation sites is 1. The summed E-state index contributed by atoms with van der Waals surface area (Å²) >= 11 is 0. The highest BCUT2D eigenvalue weighted by molar-refractivity contribution is 5.97. The molecule has 1 aromatic heterocycles. The van der Waals surface area contributed by atoms with Gasteiger partial charge in [0.05, 0.1) is 24.9 Å². The molecule has 0 radical (unpaired) electrons. The Morgan fingerprint density at radius 3 is 2.49 bits per heavy atom. The van der Waals surface area contributed by atoms with Crippen molar-refractivity contribution >= 4 is 11.8 Å².